The van der Waals surface area contributed by atoms with E-state index >= 15 is 0 Å². The summed E-state index contributed by atoms with van der Waals surface area (Å²) in [4.78, 5) is 12.2. The lowest BCUT2D eigenvalue weighted by Crippen LogP contribution is -2.40. The highest BCUT2D eigenvalue weighted by atomic mass is 19.1. The van der Waals surface area contributed by atoms with Gasteiger partial charge < -0.3 is 5.32 Å². The molecule has 4 nitrogen and oxygen atoms in total. The number of carbonyl (C=O) groups is 1. The molecule has 1 aromatic heterocycles. The van der Waals surface area contributed by atoms with Gasteiger partial charge in [-0.25, -0.2) is 4.39 Å². The number of rotatable bonds is 6. The van der Waals surface area contributed by atoms with Gasteiger partial charge in [0, 0.05) is 19.3 Å². The molecule has 2 rings (SSSR count). The quantitative estimate of drug-likeness (QED) is 0.891. The summed E-state index contributed by atoms with van der Waals surface area (Å²) in [5.41, 5.74) is 1.91. The maximum atomic E-state index is 13.0. The fraction of sp³-hybridized carbons (Fsp3) is 0.412. The van der Waals surface area contributed by atoms with E-state index in [4.69, 9.17) is 0 Å². The van der Waals surface area contributed by atoms with E-state index in [1.165, 1.54) is 12.1 Å². The lowest BCUT2D eigenvalue weighted by atomic mass is 9.96. The molecule has 0 aliphatic rings. The Morgan fingerprint density at radius 2 is 1.95 bits per heavy atom. The molecular weight excluding hydrogens is 281 g/mol. The highest BCUT2D eigenvalue weighted by molar-refractivity contribution is 5.78. The largest absolute Gasteiger partial charge is 0.352 e. The van der Waals surface area contributed by atoms with Crippen LogP contribution in [-0.2, 0) is 24.7 Å². The lowest BCUT2D eigenvalue weighted by Gasteiger charge is -2.22. The first-order valence-electron chi connectivity index (χ1n) is 7.45. The van der Waals surface area contributed by atoms with Crippen molar-refractivity contribution in [2.24, 2.45) is 13.0 Å². The number of hydrogen-bond donors (Lipinski definition) is 1. The van der Waals surface area contributed by atoms with Gasteiger partial charge in [0.15, 0.2) is 0 Å². The van der Waals surface area contributed by atoms with Gasteiger partial charge in [0.1, 0.15) is 5.82 Å². The number of nitrogens with one attached hydrogen (secondary N) is 1. The van der Waals surface area contributed by atoms with Crippen LogP contribution in [0.15, 0.2) is 36.7 Å². The molecule has 0 fully saturated rings. The van der Waals surface area contributed by atoms with Crippen LogP contribution >= 0.6 is 0 Å². The summed E-state index contributed by atoms with van der Waals surface area (Å²) in [5.74, 6) is 0.0298. The van der Waals surface area contributed by atoms with Gasteiger partial charge in [-0.2, -0.15) is 5.10 Å². The third-order valence-electron chi connectivity index (χ3n) is 3.64. The van der Waals surface area contributed by atoms with Crippen LogP contribution in [0.1, 0.15) is 25.0 Å². The molecule has 0 spiro atoms. The number of amides is 1. The van der Waals surface area contributed by atoms with E-state index < -0.39 is 0 Å². The molecule has 1 N–H and O–H groups in total. The number of benzene rings is 1. The highest BCUT2D eigenvalue weighted by Gasteiger charge is 2.17. The summed E-state index contributed by atoms with van der Waals surface area (Å²) in [6.45, 7) is 4.14. The SMILES string of the molecule is CC(C)[C@H](Cc1ccc(F)cc1)NC(=O)Cc1cnn(C)c1. The third kappa shape index (κ3) is 4.69. The summed E-state index contributed by atoms with van der Waals surface area (Å²) in [6, 6.07) is 6.44. The molecular formula is C17H22FN3O. The van der Waals surface area contributed by atoms with E-state index in [1.54, 1.807) is 23.0 Å². The smallest absolute Gasteiger partial charge is 0.224 e. The second-order valence-electron chi connectivity index (χ2n) is 5.95. The minimum absolute atomic E-state index is 0.0196. The van der Waals surface area contributed by atoms with E-state index in [2.05, 4.69) is 24.3 Å². The van der Waals surface area contributed by atoms with Gasteiger partial charge in [0.25, 0.3) is 0 Å². The van der Waals surface area contributed by atoms with Crippen LogP contribution in [0.5, 0.6) is 0 Å². The van der Waals surface area contributed by atoms with Gasteiger partial charge in [0.2, 0.25) is 5.91 Å². The van der Waals surface area contributed by atoms with Crippen molar-refractivity contribution in [2.45, 2.75) is 32.7 Å². The predicted octanol–water partition coefficient (Wildman–Crippen LogP) is 2.49. The Morgan fingerprint density at radius 1 is 1.27 bits per heavy atom. The van der Waals surface area contributed by atoms with Crippen LogP contribution < -0.4 is 5.32 Å². The summed E-state index contributed by atoms with van der Waals surface area (Å²) in [7, 11) is 1.83. The van der Waals surface area contributed by atoms with E-state index in [1.807, 2.05) is 13.2 Å². The van der Waals surface area contributed by atoms with Crippen LogP contribution in [0.4, 0.5) is 4.39 Å². The average Bonchev–Trinajstić information content (AvgIpc) is 2.85. The Hall–Kier alpha value is -2.17. The second kappa shape index (κ2) is 7.20. The minimum Gasteiger partial charge on any atom is -0.352 e. The molecule has 1 amide bonds. The molecule has 0 aliphatic carbocycles. The summed E-state index contributed by atoms with van der Waals surface area (Å²) >= 11 is 0. The Bertz CT molecular complexity index is 619. The van der Waals surface area contributed by atoms with Crippen LogP contribution in [-0.4, -0.2) is 21.7 Å². The first kappa shape index (κ1) is 16.2. The monoisotopic (exact) mass is 303 g/mol. The zero-order chi connectivity index (χ0) is 16.1. The molecule has 0 unspecified atom stereocenters. The molecule has 0 bridgehead atoms. The van der Waals surface area contributed by atoms with Gasteiger partial charge in [0.05, 0.1) is 12.6 Å². The molecule has 22 heavy (non-hydrogen) atoms. The molecule has 118 valence electrons. The zero-order valence-corrected chi connectivity index (χ0v) is 13.2. The normalized spacial score (nSPS) is 12.4. The molecule has 0 saturated heterocycles. The van der Waals surface area contributed by atoms with Gasteiger partial charge in [-0.05, 0) is 35.6 Å². The highest BCUT2D eigenvalue weighted by Crippen LogP contribution is 2.12. The van der Waals surface area contributed by atoms with E-state index in [-0.39, 0.29) is 17.8 Å². The third-order valence-corrected chi connectivity index (χ3v) is 3.64. The standard InChI is InChI=1S/C17H22FN3O/c1-12(2)16(8-13-4-6-15(18)7-5-13)20-17(22)9-14-10-19-21(3)11-14/h4-7,10-12,16H,8-9H2,1-3H3,(H,20,22)/t16-/m0/s1. The van der Waals surface area contributed by atoms with Gasteiger partial charge >= 0.3 is 0 Å². The molecule has 0 radical (unpaired) electrons. The van der Waals surface area contributed by atoms with E-state index in [9.17, 15) is 9.18 Å². The van der Waals surface area contributed by atoms with Crippen LogP contribution in [0, 0.1) is 11.7 Å². The zero-order valence-electron chi connectivity index (χ0n) is 13.2. The maximum Gasteiger partial charge on any atom is 0.224 e. The summed E-state index contributed by atoms with van der Waals surface area (Å²) in [5, 5.41) is 7.13. The first-order valence-corrected chi connectivity index (χ1v) is 7.45. The van der Waals surface area contributed by atoms with Gasteiger partial charge in [-0.3, -0.25) is 9.48 Å². The molecule has 2 aromatic rings. The van der Waals surface area contributed by atoms with Crippen molar-refractivity contribution in [3.8, 4) is 0 Å². The van der Waals surface area contributed by atoms with Crippen molar-refractivity contribution in [1.82, 2.24) is 15.1 Å². The molecule has 1 atom stereocenters. The molecule has 5 heteroatoms. The summed E-state index contributed by atoms with van der Waals surface area (Å²) in [6.07, 6.45) is 4.55. The number of aromatic nitrogens is 2. The first-order chi connectivity index (χ1) is 10.4. The van der Waals surface area contributed by atoms with Crippen LogP contribution in [0.3, 0.4) is 0 Å². The lowest BCUT2D eigenvalue weighted by molar-refractivity contribution is -0.121. The molecule has 0 saturated carbocycles. The van der Waals surface area contributed by atoms with Gasteiger partial charge in [-0.1, -0.05) is 26.0 Å². The summed E-state index contributed by atoms with van der Waals surface area (Å²) < 4.78 is 14.6. The average molecular weight is 303 g/mol. The fourth-order valence-corrected chi connectivity index (χ4v) is 2.33. The minimum atomic E-state index is -0.245. The Morgan fingerprint density at radius 3 is 2.50 bits per heavy atom. The number of carbonyl (C=O) groups excluding carboxylic acids is 1. The van der Waals surface area contributed by atoms with Crippen LogP contribution in [0.25, 0.3) is 0 Å². The van der Waals surface area contributed by atoms with Crippen molar-refractivity contribution in [3.63, 3.8) is 0 Å². The number of nitrogens with zero attached hydrogens (tertiary/aromatic N) is 2. The van der Waals surface area contributed by atoms with Crippen molar-refractivity contribution < 1.29 is 9.18 Å². The van der Waals surface area contributed by atoms with Crippen LogP contribution in [0.2, 0.25) is 0 Å². The predicted molar refractivity (Wildman–Crippen MR) is 83.8 cm³/mol. The van der Waals surface area contributed by atoms with Crippen molar-refractivity contribution in [3.05, 3.63) is 53.6 Å². The fourth-order valence-electron chi connectivity index (χ4n) is 2.33. The maximum absolute atomic E-state index is 13.0. The molecule has 1 heterocycles. The molecule has 1 aromatic carbocycles. The van der Waals surface area contributed by atoms with E-state index in [0.29, 0.717) is 18.8 Å². The number of halogens is 1. The van der Waals surface area contributed by atoms with Gasteiger partial charge in [-0.15, -0.1) is 0 Å². The number of hydrogen-bond acceptors (Lipinski definition) is 2. The topological polar surface area (TPSA) is 46.9 Å². The van der Waals surface area contributed by atoms with Crippen molar-refractivity contribution in [1.29, 1.82) is 0 Å². The number of aryl methyl sites for hydroxylation is 1. The van der Waals surface area contributed by atoms with Crippen molar-refractivity contribution >= 4 is 5.91 Å². The Labute approximate surface area is 130 Å². The molecule has 0 aliphatic heterocycles. The Balaban J connectivity index is 1.96. The second-order valence-corrected chi connectivity index (χ2v) is 5.95. The van der Waals surface area contributed by atoms with Crippen molar-refractivity contribution in [2.75, 3.05) is 0 Å². The van der Waals surface area contributed by atoms with E-state index in [0.717, 1.165) is 11.1 Å². The Kier molecular flexibility index (Phi) is 5.31.